The number of methoxy groups -OCH3 is 1. The number of benzene rings is 1. The van der Waals surface area contributed by atoms with Crippen molar-refractivity contribution in [1.29, 1.82) is 0 Å². The largest absolute Gasteiger partial charge is 0.468 e. The van der Waals surface area contributed by atoms with Crippen molar-refractivity contribution in [3.05, 3.63) is 63.6 Å². The molecule has 1 aliphatic rings. The first-order valence-electron chi connectivity index (χ1n) is 10.8. The molecule has 1 N–H and O–H groups in total. The summed E-state index contributed by atoms with van der Waals surface area (Å²) in [5, 5.41) is 2.65. The number of hydrogen-bond acceptors (Lipinski definition) is 5. The number of aromatic nitrogens is 1. The zero-order chi connectivity index (χ0) is 22.2. The number of carbonyl (C=O) groups is 2. The molecule has 1 heterocycles. The average Bonchev–Trinajstić information content (AvgIpc) is 2.79. The Bertz CT molecular complexity index is 962. The number of ether oxygens (including phenoxy) is 2. The molecule has 0 spiro atoms. The normalized spacial score (nSPS) is 14.1. The Kier molecular flexibility index (Phi) is 7.87. The van der Waals surface area contributed by atoms with Crippen molar-refractivity contribution in [2.24, 2.45) is 5.92 Å². The van der Waals surface area contributed by atoms with Crippen LogP contribution in [-0.2, 0) is 33.8 Å². The Balaban J connectivity index is 1.84. The van der Waals surface area contributed by atoms with E-state index in [1.54, 1.807) is 6.92 Å². The van der Waals surface area contributed by atoms with Gasteiger partial charge < -0.3 is 9.47 Å². The first-order chi connectivity index (χ1) is 15.0. The molecule has 3 rings (SSSR count). The van der Waals surface area contributed by atoms with Gasteiger partial charge in [0, 0.05) is 5.69 Å². The van der Waals surface area contributed by atoms with Crippen LogP contribution in [0.4, 0.5) is 10.5 Å². The molecule has 0 unspecified atom stereocenters. The van der Waals surface area contributed by atoms with Crippen molar-refractivity contribution in [3.8, 4) is 0 Å². The Morgan fingerprint density at radius 2 is 1.84 bits per heavy atom. The van der Waals surface area contributed by atoms with Crippen LogP contribution in [0.5, 0.6) is 0 Å². The van der Waals surface area contributed by atoms with Gasteiger partial charge in [0.2, 0.25) is 0 Å². The lowest BCUT2D eigenvalue weighted by Crippen LogP contribution is -2.32. The van der Waals surface area contributed by atoms with Crippen LogP contribution in [0.3, 0.4) is 0 Å². The zero-order valence-electron chi connectivity index (χ0n) is 18.2. The second-order valence-corrected chi connectivity index (χ2v) is 8.05. The summed E-state index contributed by atoms with van der Waals surface area (Å²) in [6.07, 6.45) is 5.86. The fraction of sp³-hybridized carbons (Fsp3) is 0.458. The highest BCUT2D eigenvalue weighted by Gasteiger charge is 2.21. The monoisotopic (exact) mass is 426 g/mol. The van der Waals surface area contributed by atoms with Crippen LogP contribution < -0.4 is 10.9 Å². The minimum Gasteiger partial charge on any atom is -0.468 e. The number of rotatable bonds is 7. The molecule has 0 saturated heterocycles. The van der Waals surface area contributed by atoms with Gasteiger partial charge in [-0.3, -0.25) is 19.5 Å². The van der Waals surface area contributed by atoms with E-state index in [0.717, 1.165) is 24.0 Å². The van der Waals surface area contributed by atoms with E-state index in [4.69, 9.17) is 9.47 Å². The minimum atomic E-state index is -0.695. The highest BCUT2D eigenvalue weighted by molar-refractivity contribution is 5.85. The molecule has 1 amide bonds. The highest BCUT2D eigenvalue weighted by atomic mass is 16.5. The zero-order valence-corrected chi connectivity index (χ0v) is 18.2. The van der Waals surface area contributed by atoms with Crippen molar-refractivity contribution in [1.82, 2.24) is 4.57 Å². The third-order valence-electron chi connectivity index (χ3n) is 5.78. The molecule has 0 aliphatic heterocycles. The van der Waals surface area contributed by atoms with E-state index in [0.29, 0.717) is 18.0 Å². The van der Waals surface area contributed by atoms with Crippen molar-refractivity contribution < 1.29 is 19.1 Å². The van der Waals surface area contributed by atoms with E-state index in [9.17, 15) is 14.4 Å². The number of esters is 1. The molecule has 31 heavy (non-hydrogen) atoms. The van der Waals surface area contributed by atoms with Crippen molar-refractivity contribution in [3.63, 3.8) is 0 Å². The van der Waals surface area contributed by atoms with Crippen LogP contribution in [0, 0.1) is 12.8 Å². The maximum Gasteiger partial charge on any atom is 0.412 e. The number of anilines is 1. The maximum absolute atomic E-state index is 13.2. The van der Waals surface area contributed by atoms with Gasteiger partial charge in [-0.2, -0.15) is 0 Å². The summed E-state index contributed by atoms with van der Waals surface area (Å²) >= 11 is 0. The van der Waals surface area contributed by atoms with Crippen LogP contribution in [0.25, 0.3) is 0 Å². The summed E-state index contributed by atoms with van der Waals surface area (Å²) < 4.78 is 11.4. The molecule has 1 aromatic heterocycles. The van der Waals surface area contributed by atoms with Gasteiger partial charge in [0.15, 0.2) is 0 Å². The van der Waals surface area contributed by atoms with E-state index < -0.39 is 17.6 Å². The van der Waals surface area contributed by atoms with E-state index in [-0.39, 0.29) is 18.8 Å². The molecule has 0 radical (unpaired) electrons. The standard InChI is InChI=1S/C24H30N2O5/c1-17-13-20(14-18-9-5-3-6-10-18)22(23(28)26(17)15-21(27)30-2)25-24(29)31-16-19-11-7-4-8-12-19/h4,7-8,11-13,18H,3,5-6,9-10,14-16H2,1-2H3,(H,25,29). The average molecular weight is 427 g/mol. The molecule has 1 aliphatic carbocycles. The summed E-state index contributed by atoms with van der Waals surface area (Å²) in [4.78, 5) is 37.5. The van der Waals surface area contributed by atoms with Crippen molar-refractivity contribution in [2.75, 3.05) is 12.4 Å². The Morgan fingerprint density at radius 1 is 1.13 bits per heavy atom. The summed E-state index contributed by atoms with van der Waals surface area (Å²) in [6.45, 7) is 1.68. The fourth-order valence-electron chi connectivity index (χ4n) is 4.08. The maximum atomic E-state index is 13.2. The predicted octanol–water partition coefficient (Wildman–Crippen LogP) is 4.20. The molecule has 0 atom stereocenters. The van der Waals surface area contributed by atoms with E-state index >= 15 is 0 Å². The van der Waals surface area contributed by atoms with Gasteiger partial charge >= 0.3 is 12.1 Å². The Labute approximate surface area is 182 Å². The lowest BCUT2D eigenvalue weighted by atomic mass is 9.84. The van der Waals surface area contributed by atoms with Gasteiger partial charge in [0.05, 0.1) is 7.11 Å². The highest BCUT2D eigenvalue weighted by Crippen LogP contribution is 2.29. The molecule has 1 fully saturated rings. The van der Waals surface area contributed by atoms with Crippen LogP contribution in [0.2, 0.25) is 0 Å². The molecule has 7 nitrogen and oxygen atoms in total. The Hall–Kier alpha value is -3.09. The second kappa shape index (κ2) is 10.8. The van der Waals surface area contributed by atoms with Crippen molar-refractivity contribution >= 4 is 17.7 Å². The third-order valence-corrected chi connectivity index (χ3v) is 5.78. The van der Waals surface area contributed by atoms with Gasteiger partial charge in [0.25, 0.3) is 5.56 Å². The molecule has 1 saturated carbocycles. The molecule has 0 bridgehead atoms. The smallest absolute Gasteiger partial charge is 0.412 e. The van der Waals surface area contributed by atoms with E-state index in [1.807, 2.05) is 36.4 Å². The molecular weight excluding hydrogens is 396 g/mol. The third kappa shape index (κ3) is 6.20. The first-order valence-corrected chi connectivity index (χ1v) is 10.8. The van der Waals surface area contributed by atoms with Gasteiger partial charge in [0.1, 0.15) is 18.8 Å². The number of pyridine rings is 1. The summed E-state index contributed by atoms with van der Waals surface area (Å²) in [7, 11) is 1.28. The number of nitrogens with one attached hydrogen (secondary N) is 1. The van der Waals surface area contributed by atoms with Gasteiger partial charge in [-0.05, 0) is 36.5 Å². The molecule has 7 heteroatoms. The second-order valence-electron chi connectivity index (χ2n) is 8.05. The molecule has 166 valence electrons. The topological polar surface area (TPSA) is 86.6 Å². The molecular formula is C24H30N2O5. The lowest BCUT2D eigenvalue weighted by Gasteiger charge is -2.23. The van der Waals surface area contributed by atoms with Gasteiger partial charge in [-0.1, -0.05) is 62.4 Å². The van der Waals surface area contributed by atoms with Crippen LogP contribution in [0.15, 0.2) is 41.2 Å². The number of hydrogen-bond donors (Lipinski definition) is 1. The fourth-order valence-corrected chi connectivity index (χ4v) is 4.08. The van der Waals surface area contributed by atoms with Gasteiger partial charge in [-0.25, -0.2) is 4.79 Å². The van der Waals surface area contributed by atoms with Crippen LogP contribution in [0.1, 0.15) is 48.9 Å². The molecule has 1 aromatic carbocycles. The summed E-state index contributed by atoms with van der Waals surface area (Å²) in [5.74, 6) is -0.0484. The van der Waals surface area contributed by atoms with Crippen molar-refractivity contribution in [2.45, 2.75) is 58.6 Å². The SMILES string of the molecule is COC(=O)Cn1c(C)cc(CC2CCCCC2)c(NC(=O)OCc2ccccc2)c1=O. The number of aryl methyl sites for hydroxylation is 1. The molecule has 2 aromatic rings. The predicted molar refractivity (Wildman–Crippen MR) is 118 cm³/mol. The van der Waals surface area contributed by atoms with E-state index in [1.165, 1.54) is 30.9 Å². The van der Waals surface area contributed by atoms with Gasteiger partial charge in [-0.15, -0.1) is 0 Å². The number of amides is 1. The number of carbonyl (C=O) groups excluding carboxylic acids is 2. The summed E-state index contributed by atoms with van der Waals surface area (Å²) in [6, 6.07) is 11.2. The summed E-state index contributed by atoms with van der Waals surface area (Å²) in [5.41, 5.74) is 2.05. The minimum absolute atomic E-state index is 0.104. The first kappa shape index (κ1) is 22.6. The van der Waals surface area contributed by atoms with Crippen LogP contribution >= 0.6 is 0 Å². The van der Waals surface area contributed by atoms with Crippen LogP contribution in [-0.4, -0.2) is 23.7 Å². The number of nitrogens with zero attached hydrogens (tertiary/aromatic N) is 1. The Morgan fingerprint density at radius 3 is 2.52 bits per heavy atom. The van der Waals surface area contributed by atoms with E-state index in [2.05, 4.69) is 5.32 Å². The lowest BCUT2D eigenvalue weighted by molar-refractivity contribution is -0.141. The quantitative estimate of drug-likeness (QED) is 0.671.